The number of Topliss-reactive ketones (excluding diaryl/α,β-unsaturated/α-hetero) is 1. The molecule has 0 spiro atoms. The Morgan fingerprint density at radius 1 is 1.67 bits per heavy atom. The van der Waals surface area contributed by atoms with Gasteiger partial charge < -0.3 is 9.84 Å². The molecule has 15 heavy (non-hydrogen) atoms. The van der Waals surface area contributed by atoms with E-state index in [0.717, 1.165) is 6.42 Å². The number of hydrogen-bond acceptors (Lipinski definition) is 4. The topological polar surface area (TPSA) is 63.6 Å². The molecule has 0 radical (unpaired) electrons. The third-order valence-corrected chi connectivity index (χ3v) is 3.00. The molecule has 1 fully saturated rings. The van der Waals surface area contributed by atoms with Crippen molar-refractivity contribution in [2.45, 2.75) is 45.1 Å². The Hall–Kier alpha value is -0.900. The second-order valence-electron chi connectivity index (χ2n) is 4.15. The van der Waals surface area contributed by atoms with E-state index in [0.29, 0.717) is 12.8 Å². The van der Waals surface area contributed by atoms with Gasteiger partial charge in [-0.25, -0.2) is 4.79 Å². The van der Waals surface area contributed by atoms with Gasteiger partial charge in [-0.05, 0) is 25.7 Å². The molecule has 0 saturated heterocycles. The van der Waals surface area contributed by atoms with Gasteiger partial charge in [0.2, 0.25) is 0 Å². The van der Waals surface area contributed by atoms with E-state index in [2.05, 4.69) is 0 Å². The van der Waals surface area contributed by atoms with Gasteiger partial charge in [-0.15, -0.1) is 0 Å². The van der Waals surface area contributed by atoms with Crippen molar-refractivity contribution in [1.29, 1.82) is 0 Å². The lowest BCUT2D eigenvalue weighted by Gasteiger charge is -2.29. The van der Waals surface area contributed by atoms with Crippen molar-refractivity contribution in [3.05, 3.63) is 0 Å². The average molecular weight is 214 g/mol. The lowest BCUT2D eigenvalue weighted by atomic mass is 9.84. The lowest BCUT2D eigenvalue weighted by Crippen LogP contribution is -2.46. The van der Waals surface area contributed by atoms with Crippen LogP contribution in [-0.2, 0) is 14.3 Å². The summed E-state index contributed by atoms with van der Waals surface area (Å²) >= 11 is 0. The molecular formula is C11H18O4. The Balaban J connectivity index is 2.84. The lowest BCUT2D eigenvalue weighted by molar-refractivity contribution is -0.172. The summed E-state index contributed by atoms with van der Waals surface area (Å²) in [6.07, 6.45) is 1.77. The van der Waals surface area contributed by atoms with E-state index in [1.165, 1.54) is 0 Å². The summed E-state index contributed by atoms with van der Waals surface area (Å²) in [5.41, 5.74) is -1.61. The van der Waals surface area contributed by atoms with Gasteiger partial charge in [-0.1, -0.05) is 6.92 Å². The van der Waals surface area contributed by atoms with Gasteiger partial charge >= 0.3 is 5.97 Å². The first-order valence-electron chi connectivity index (χ1n) is 5.42. The number of ketones is 1. The van der Waals surface area contributed by atoms with Gasteiger partial charge in [0.05, 0.1) is 6.61 Å². The van der Waals surface area contributed by atoms with Crippen LogP contribution < -0.4 is 0 Å². The van der Waals surface area contributed by atoms with Gasteiger partial charge in [0, 0.05) is 12.8 Å². The largest absolute Gasteiger partial charge is 0.464 e. The van der Waals surface area contributed by atoms with Crippen molar-refractivity contribution >= 4 is 11.8 Å². The third kappa shape index (κ3) is 2.56. The van der Waals surface area contributed by atoms with E-state index < -0.39 is 11.6 Å². The highest BCUT2D eigenvalue weighted by atomic mass is 16.5. The summed E-state index contributed by atoms with van der Waals surface area (Å²) in [6.45, 7) is 3.70. The van der Waals surface area contributed by atoms with E-state index in [1.54, 1.807) is 13.8 Å². The molecule has 0 aliphatic heterocycles. The number of rotatable bonds is 2. The van der Waals surface area contributed by atoms with Crippen LogP contribution in [0.3, 0.4) is 0 Å². The number of esters is 1. The number of carbonyl (C=O) groups excluding carboxylic acids is 2. The van der Waals surface area contributed by atoms with Gasteiger partial charge in [0.1, 0.15) is 5.78 Å². The van der Waals surface area contributed by atoms with Crippen LogP contribution in [-0.4, -0.2) is 29.1 Å². The van der Waals surface area contributed by atoms with Crippen LogP contribution in [0.1, 0.15) is 39.5 Å². The summed E-state index contributed by atoms with van der Waals surface area (Å²) in [6, 6.07) is 0. The standard InChI is InChI=1S/C11H18O4/c1-3-15-10(13)11(14)7-9(12)6-4-5-8(11)2/h8,14H,3-7H2,1-2H3/t8-,11+/m1/s1. The molecule has 86 valence electrons. The Morgan fingerprint density at radius 3 is 2.93 bits per heavy atom. The maximum absolute atomic E-state index is 11.6. The van der Waals surface area contributed by atoms with Crippen molar-refractivity contribution in [2.75, 3.05) is 6.61 Å². The predicted octanol–water partition coefficient (Wildman–Crippen LogP) is 1.06. The molecule has 2 atom stereocenters. The molecule has 1 rings (SSSR count). The van der Waals surface area contributed by atoms with Crippen molar-refractivity contribution in [1.82, 2.24) is 0 Å². The zero-order valence-electron chi connectivity index (χ0n) is 9.28. The maximum Gasteiger partial charge on any atom is 0.338 e. The van der Waals surface area contributed by atoms with Crippen LogP contribution >= 0.6 is 0 Å². The molecule has 1 N–H and O–H groups in total. The summed E-state index contributed by atoms with van der Waals surface area (Å²) in [4.78, 5) is 23.0. The van der Waals surface area contributed by atoms with Crippen LogP contribution in [0.5, 0.6) is 0 Å². The fourth-order valence-corrected chi connectivity index (χ4v) is 1.94. The zero-order chi connectivity index (χ0) is 11.5. The quantitative estimate of drug-likeness (QED) is 0.551. The summed E-state index contributed by atoms with van der Waals surface area (Å²) in [7, 11) is 0. The third-order valence-electron chi connectivity index (χ3n) is 3.00. The van der Waals surface area contributed by atoms with Crippen LogP contribution in [0.2, 0.25) is 0 Å². The Bertz CT molecular complexity index is 261. The minimum atomic E-state index is -1.61. The fraction of sp³-hybridized carbons (Fsp3) is 0.818. The van der Waals surface area contributed by atoms with Crippen LogP contribution in [0.15, 0.2) is 0 Å². The molecule has 0 heterocycles. The van der Waals surface area contributed by atoms with Crippen LogP contribution in [0.25, 0.3) is 0 Å². The first-order valence-corrected chi connectivity index (χ1v) is 5.42. The molecule has 4 nitrogen and oxygen atoms in total. The Labute approximate surface area is 89.6 Å². The maximum atomic E-state index is 11.6. The molecule has 4 heteroatoms. The van der Waals surface area contributed by atoms with E-state index >= 15 is 0 Å². The van der Waals surface area contributed by atoms with Crippen molar-refractivity contribution < 1.29 is 19.4 Å². The SMILES string of the molecule is CCOC(=O)[C@]1(O)CC(=O)CCC[C@H]1C. The molecule has 1 aliphatic carbocycles. The zero-order valence-corrected chi connectivity index (χ0v) is 9.28. The average Bonchev–Trinajstić information content (AvgIpc) is 2.28. The highest BCUT2D eigenvalue weighted by Crippen LogP contribution is 2.31. The predicted molar refractivity (Wildman–Crippen MR) is 54.2 cm³/mol. The Morgan fingerprint density at radius 2 is 2.33 bits per heavy atom. The van der Waals surface area contributed by atoms with Gasteiger partial charge in [0.25, 0.3) is 0 Å². The minimum Gasteiger partial charge on any atom is -0.464 e. The second kappa shape index (κ2) is 4.75. The number of ether oxygens (including phenoxy) is 1. The minimum absolute atomic E-state index is 0.0603. The van der Waals surface area contributed by atoms with E-state index in [1.807, 2.05) is 0 Å². The first kappa shape index (κ1) is 12.2. The summed E-state index contributed by atoms with van der Waals surface area (Å²) < 4.78 is 4.82. The number of aliphatic hydroxyl groups is 1. The van der Waals surface area contributed by atoms with Crippen molar-refractivity contribution in [3.63, 3.8) is 0 Å². The molecule has 0 bridgehead atoms. The fourth-order valence-electron chi connectivity index (χ4n) is 1.94. The smallest absolute Gasteiger partial charge is 0.338 e. The van der Waals surface area contributed by atoms with Gasteiger partial charge in [-0.3, -0.25) is 4.79 Å². The summed E-state index contributed by atoms with van der Waals surface area (Å²) in [5.74, 6) is -0.939. The van der Waals surface area contributed by atoms with Gasteiger partial charge in [0.15, 0.2) is 5.60 Å². The number of carbonyl (C=O) groups is 2. The molecule has 0 aromatic carbocycles. The van der Waals surface area contributed by atoms with E-state index in [-0.39, 0.29) is 24.7 Å². The molecule has 0 unspecified atom stereocenters. The highest BCUT2D eigenvalue weighted by molar-refractivity contribution is 5.89. The number of hydrogen-bond donors (Lipinski definition) is 1. The molecular weight excluding hydrogens is 196 g/mol. The van der Waals surface area contributed by atoms with E-state index in [4.69, 9.17) is 4.74 Å². The monoisotopic (exact) mass is 214 g/mol. The summed E-state index contributed by atoms with van der Waals surface area (Å²) in [5, 5.41) is 10.2. The first-order chi connectivity index (χ1) is 7.00. The molecule has 0 amide bonds. The molecule has 0 aromatic heterocycles. The van der Waals surface area contributed by atoms with Crippen molar-refractivity contribution in [3.8, 4) is 0 Å². The molecule has 1 saturated carbocycles. The van der Waals surface area contributed by atoms with Crippen molar-refractivity contribution in [2.24, 2.45) is 5.92 Å². The van der Waals surface area contributed by atoms with Crippen LogP contribution in [0.4, 0.5) is 0 Å². The second-order valence-corrected chi connectivity index (χ2v) is 4.15. The highest BCUT2D eigenvalue weighted by Gasteiger charge is 2.45. The normalized spacial score (nSPS) is 32.2. The Kier molecular flexibility index (Phi) is 3.85. The molecule has 1 aliphatic rings. The van der Waals surface area contributed by atoms with Gasteiger partial charge in [-0.2, -0.15) is 0 Å². The van der Waals surface area contributed by atoms with Crippen LogP contribution in [0, 0.1) is 5.92 Å². The van der Waals surface area contributed by atoms with E-state index in [9.17, 15) is 14.7 Å². The molecule has 0 aromatic rings.